The molecule has 0 unspecified atom stereocenters. The van der Waals surface area contributed by atoms with Crippen LogP contribution >= 0.6 is 11.8 Å². The highest BCUT2D eigenvalue weighted by molar-refractivity contribution is 8.07. The Hall–Kier alpha value is -3.32. The first-order valence-electron chi connectivity index (χ1n) is 11.0. The van der Waals surface area contributed by atoms with Crippen LogP contribution in [0.1, 0.15) is 35.9 Å². The predicted molar refractivity (Wildman–Crippen MR) is 134 cm³/mol. The maximum absolute atomic E-state index is 12.6. The molecule has 1 aromatic heterocycles. The van der Waals surface area contributed by atoms with E-state index in [0.29, 0.717) is 5.82 Å². The zero-order valence-electron chi connectivity index (χ0n) is 18.8. The molecule has 6 nitrogen and oxygen atoms in total. The minimum absolute atomic E-state index is 0.0251. The molecule has 3 N–H and O–H groups in total. The van der Waals surface area contributed by atoms with Gasteiger partial charge >= 0.3 is 0 Å². The Morgan fingerprint density at radius 1 is 1.09 bits per heavy atom. The molecule has 170 valence electrons. The molecule has 0 spiro atoms. The van der Waals surface area contributed by atoms with Gasteiger partial charge in [-0.3, -0.25) is 4.79 Å². The molecule has 0 radical (unpaired) electrons. The third-order valence-electron chi connectivity index (χ3n) is 5.58. The molecule has 0 aliphatic heterocycles. The lowest BCUT2D eigenvalue weighted by molar-refractivity contribution is -0.116. The van der Waals surface area contributed by atoms with Crippen LogP contribution in [0.5, 0.6) is 11.5 Å². The minimum Gasteiger partial charge on any atom is -0.508 e. The number of allylic oxidation sites excluding steroid dienone is 1. The van der Waals surface area contributed by atoms with E-state index in [1.54, 1.807) is 48.2 Å². The van der Waals surface area contributed by atoms with E-state index in [-0.39, 0.29) is 30.2 Å². The van der Waals surface area contributed by atoms with Crippen LogP contribution < -0.4 is 5.32 Å². The average Bonchev–Trinajstić information content (AvgIpc) is 2.82. The number of hydrogen-bond donors (Lipinski definition) is 3. The highest BCUT2D eigenvalue weighted by atomic mass is 32.2. The number of carbonyl (C=O) groups is 1. The fourth-order valence-electron chi connectivity index (χ4n) is 3.97. The minimum atomic E-state index is 0.0251. The number of ketones is 1. The van der Waals surface area contributed by atoms with Crippen molar-refractivity contribution in [2.24, 2.45) is 0 Å². The number of benzene rings is 2. The van der Waals surface area contributed by atoms with Crippen molar-refractivity contribution in [3.63, 3.8) is 0 Å². The molecule has 0 atom stereocenters. The molecule has 1 aliphatic carbocycles. The summed E-state index contributed by atoms with van der Waals surface area (Å²) in [6.07, 6.45) is 6.77. The van der Waals surface area contributed by atoms with Gasteiger partial charge in [0.05, 0.1) is 17.9 Å². The Kier molecular flexibility index (Phi) is 6.99. The van der Waals surface area contributed by atoms with Gasteiger partial charge in [-0.15, -0.1) is 11.8 Å². The molecule has 0 fully saturated rings. The molecule has 7 heteroatoms. The number of hydrogen-bond acceptors (Lipinski definition) is 7. The quantitative estimate of drug-likeness (QED) is 0.435. The highest BCUT2D eigenvalue weighted by Crippen LogP contribution is 2.37. The molecule has 0 bridgehead atoms. The smallest absolute Gasteiger partial charge is 0.156 e. The lowest BCUT2D eigenvalue weighted by Crippen LogP contribution is -2.19. The standard InChI is InChI=1S/C26H27N3O3S/c1-3-4-23(33-2)25-26(27-15-20(32)13-16-5-8-18(30)9-6-16)28-22-12-7-17-14-19(31)10-11-21(17)24(22)29-25/h4-6,8-11,14,30-31H,3,7,12-13,15H2,1-2H3,(H,27,28)/b23-4-. The van der Waals surface area contributed by atoms with Gasteiger partial charge in [-0.25, -0.2) is 9.97 Å². The Bertz CT molecular complexity index is 1210. The zero-order chi connectivity index (χ0) is 23.4. The largest absolute Gasteiger partial charge is 0.508 e. The molecule has 0 saturated carbocycles. The molecule has 33 heavy (non-hydrogen) atoms. The van der Waals surface area contributed by atoms with E-state index in [9.17, 15) is 15.0 Å². The van der Waals surface area contributed by atoms with Crippen molar-refractivity contribution in [3.8, 4) is 22.8 Å². The van der Waals surface area contributed by atoms with Crippen molar-refractivity contribution in [1.82, 2.24) is 9.97 Å². The summed E-state index contributed by atoms with van der Waals surface area (Å²) in [5.74, 6) is 1.08. The number of thioether (sulfide) groups is 1. The molecule has 2 aromatic carbocycles. The molecule has 1 aliphatic rings. The second-order valence-electron chi connectivity index (χ2n) is 7.97. The van der Waals surface area contributed by atoms with Gasteiger partial charge in [0.2, 0.25) is 0 Å². The Balaban J connectivity index is 1.64. The van der Waals surface area contributed by atoms with Crippen molar-refractivity contribution < 1.29 is 15.0 Å². The van der Waals surface area contributed by atoms with Crippen molar-refractivity contribution in [1.29, 1.82) is 0 Å². The first kappa shape index (κ1) is 22.9. The van der Waals surface area contributed by atoms with Gasteiger partial charge in [-0.2, -0.15) is 0 Å². The number of fused-ring (bicyclic) bond motifs is 3. The number of anilines is 1. The van der Waals surface area contributed by atoms with Crippen LogP contribution in [0.2, 0.25) is 0 Å². The van der Waals surface area contributed by atoms with Gasteiger partial charge < -0.3 is 15.5 Å². The summed E-state index contributed by atoms with van der Waals surface area (Å²) >= 11 is 1.60. The fourth-order valence-corrected chi connectivity index (χ4v) is 4.64. The van der Waals surface area contributed by atoms with Crippen molar-refractivity contribution >= 4 is 28.3 Å². The van der Waals surface area contributed by atoms with Gasteiger partial charge in [0.15, 0.2) is 11.6 Å². The summed E-state index contributed by atoms with van der Waals surface area (Å²) in [6, 6.07) is 12.1. The highest BCUT2D eigenvalue weighted by Gasteiger charge is 2.23. The number of phenols is 2. The van der Waals surface area contributed by atoms with Crippen LogP contribution in [0, 0.1) is 0 Å². The lowest BCUT2D eigenvalue weighted by Gasteiger charge is -2.22. The summed E-state index contributed by atoms with van der Waals surface area (Å²) in [6.45, 7) is 2.22. The van der Waals surface area contributed by atoms with Crippen LogP contribution in [0.3, 0.4) is 0 Å². The maximum Gasteiger partial charge on any atom is 0.156 e. The first-order chi connectivity index (χ1) is 16.0. The van der Waals surface area contributed by atoms with E-state index in [1.165, 1.54) is 0 Å². The van der Waals surface area contributed by atoms with Crippen LogP contribution in [0.15, 0.2) is 48.5 Å². The van der Waals surface area contributed by atoms with Gasteiger partial charge in [-0.1, -0.05) is 25.1 Å². The molecule has 0 saturated heterocycles. The van der Waals surface area contributed by atoms with E-state index in [1.807, 2.05) is 12.3 Å². The number of nitrogens with zero attached hydrogens (tertiary/aromatic N) is 2. The number of carbonyl (C=O) groups excluding carboxylic acids is 1. The molecule has 3 aromatic rings. The average molecular weight is 462 g/mol. The van der Waals surface area contributed by atoms with Gasteiger partial charge in [-0.05, 0) is 67.0 Å². The predicted octanol–water partition coefficient (Wildman–Crippen LogP) is 4.99. The SMILES string of the molecule is CC/C=C(\SC)c1nc2c(nc1NCC(=O)Cc1ccc(O)cc1)CCc1cc(O)ccc1-2. The Morgan fingerprint density at radius 3 is 2.58 bits per heavy atom. The van der Waals surface area contributed by atoms with Crippen molar-refractivity contribution in [2.45, 2.75) is 32.6 Å². The van der Waals surface area contributed by atoms with Gasteiger partial charge in [0.1, 0.15) is 17.2 Å². The number of rotatable bonds is 8. The number of nitrogens with one attached hydrogen (secondary N) is 1. The van der Waals surface area contributed by atoms with Crippen LogP contribution in [-0.4, -0.2) is 38.8 Å². The summed E-state index contributed by atoms with van der Waals surface area (Å²) in [7, 11) is 0. The molecule has 0 amide bonds. The van der Waals surface area contributed by atoms with Crippen LogP contribution in [-0.2, 0) is 24.1 Å². The topological polar surface area (TPSA) is 95.3 Å². The van der Waals surface area contributed by atoms with Crippen LogP contribution in [0.25, 0.3) is 16.2 Å². The van der Waals surface area contributed by atoms with E-state index < -0.39 is 0 Å². The number of aromatic hydroxyl groups is 2. The van der Waals surface area contributed by atoms with E-state index in [4.69, 9.17) is 9.97 Å². The summed E-state index contributed by atoms with van der Waals surface area (Å²) in [5, 5.41) is 22.5. The third kappa shape index (κ3) is 5.20. The van der Waals surface area contributed by atoms with Crippen LogP contribution in [0.4, 0.5) is 5.82 Å². The second-order valence-corrected chi connectivity index (χ2v) is 8.82. The first-order valence-corrected chi connectivity index (χ1v) is 12.2. The Morgan fingerprint density at radius 2 is 1.85 bits per heavy atom. The number of aromatic nitrogens is 2. The zero-order valence-corrected chi connectivity index (χ0v) is 19.6. The summed E-state index contributed by atoms with van der Waals surface area (Å²) in [5.41, 5.74) is 5.38. The number of Topliss-reactive ketones (excluding diaryl/α,β-unsaturated/α-hetero) is 1. The summed E-state index contributed by atoms with van der Waals surface area (Å²) in [4.78, 5) is 23.5. The molecular weight excluding hydrogens is 434 g/mol. The van der Waals surface area contributed by atoms with Crippen molar-refractivity contribution in [3.05, 3.63) is 71.1 Å². The van der Waals surface area contributed by atoms with E-state index in [0.717, 1.165) is 57.9 Å². The molecular formula is C26H27N3O3S. The van der Waals surface area contributed by atoms with Crippen molar-refractivity contribution in [2.75, 3.05) is 18.1 Å². The number of phenolic OH excluding ortho intramolecular Hbond substituents is 2. The molecule has 4 rings (SSSR count). The van der Waals surface area contributed by atoms with E-state index >= 15 is 0 Å². The van der Waals surface area contributed by atoms with Gasteiger partial charge in [0.25, 0.3) is 0 Å². The maximum atomic E-state index is 12.6. The fraction of sp³-hybridized carbons (Fsp3) is 0.269. The second kappa shape index (κ2) is 10.1. The summed E-state index contributed by atoms with van der Waals surface area (Å²) < 4.78 is 0. The third-order valence-corrected chi connectivity index (χ3v) is 6.38. The Labute approximate surface area is 197 Å². The lowest BCUT2D eigenvalue weighted by atomic mass is 9.91. The number of aryl methyl sites for hydroxylation is 2. The molecule has 1 heterocycles. The van der Waals surface area contributed by atoms with E-state index in [2.05, 4.69) is 18.3 Å². The van der Waals surface area contributed by atoms with Gasteiger partial charge in [0, 0.05) is 16.9 Å². The monoisotopic (exact) mass is 461 g/mol. The normalized spacial score (nSPS) is 12.7.